The Labute approximate surface area is 200 Å². The molecule has 0 fully saturated rings. The Morgan fingerprint density at radius 2 is 0.656 bits per heavy atom. The Morgan fingerprint density at radius 1 is 0.406 bits per heavy atom. The zero-order valence-corrected chi connectivity index (χ0v) is 23.8. The third-order valence-electron chi connectivity index (χ3n) is 4.82. The summed E-state index contributed by atoms with van der Waals surface area (Å²) in [6.45, 7) is 19.8. The van der Waals surface area contributed by atoms with Crippen molar-refractivity contribution in [1.82, 2.24) is 10.6 Å². The van der Waals surface area contributed by atoms with E-state index in [1.165, 1.54) is 0 Å². The molecule has 0 aliphatic heterocycles. The SMILES string of the molecule is CCO[Si](CCCNCCCCNCCC[Si](OCC)(OCC)OCC)(OCC)OCC. The van der Waals surface area contributed by atoms with Gasteiger partial charge in [-0.3, -0.25) is 0 Å². The number of unbranched alkanes of at least 4 members (excludes halogenated alkanes) is 1. The molecule has 0 spiro atoms. The second-order valence-corrected chi connectivity index (χ2v) is 12.8. The highest BCUT2D eigenvalue weighted by atomic mass is 28.4. The summed E-state index contributed by atoms with van der Waals surface area (Å²) in [4.78, 5) is 0. The van der Waals surface area contributed by atoms with Crippen LogP contribution < -0.4 is 10.6 Å². The van der Waals surface area contributed by atoms with Crippen molar-refractivity contribution in [2.45, 2.75) is 79.3 Å². The lowest BCUT2D eigenvalue weighted by molar-refractivity contribution is 0.0700. The molecule has 32 heavy (non-hydrogen) atoms. The summed E-state index contributed by atoms with van der Waals surface area (Å²) < 4.78 is 35.4. The van der Waals surface area contributed by atoms with E-state index in [2.05, 4.69) is 10.6 Å². The van der Waals surface area contributed by atoms with Crippen LogP contribution in [0.3, 0.4) is 0 Å². The highest BCUT2D eigenvalue weighted by molar-refractivity contribution is 6.61. The molecule has 0 aromatic heterocycles. The Balaban J connectivity index is 3.85. The molecule has 0 saturated heterocycles. The zero-order valence-electron chi connectivity index (χ0n) is 21.8. The van der Waals surface area contributed by atoms with Gasteiger partial charge in [-0.15, -0.1) is 0 Å². The summed E-state index contributed by atoms with van der Waals surface area (Å²) in [6.07, 6.45) is 4.34. The molecule has 0 amide bonds. The van der Waals surface area contributed by atoms with Crippen LogP contribution in [0, 0.1) is 0 Å². The highest BCUT2D eigenvalue weighted by Crippen LogP contribution is 2.18. The van der Waals surface area contributed by atoms with Gasteiger partial charge in [0.15, 0.2) is 0 Å². The monoisotopic (exact) mass is 496 g/mol. The van der Waals surface area contributed by atoms with E-state index < -0.39 is 17.6 Å². The van der Waals surface area contributed by atoms with E-state index in [1.807, 2.05) is 41.5 Å². The third-order valence-corrected chi connectivity index (χ3v) is 11.1. The average molecular weight is 497 g/mol. The van der Waals surface area contributed by atoms with Gasteiger partial charge in [0.05, 0.1) is 0 Å². The molecule has 194 valence electrons. The minimum absolute atomic E-state index is 0.638. The molecule has 0 radical (unpaired) electrons. The molecule has 0 bridgehead atoms. The normalized spacial score (nSPS) is 12.6. The third kappa shape index (κ3) is 15.1. The minimum atomic E-state index is -2.49. The van der Waals surface area contributed by atoms with Crippen LogP contribution in [0.1, 0.15) is 67.2 Å². The van der Waals surface area contributed by atoms with Gasteiger partial charge in [-0.05, 0) is 93.4 Å². The molecule has 0 aliphatic carbocycles. The van der Waals surface area contributed by atoms with Gasteiger partial charge in [0.25, 0.3) is 0 Å². The second-order valence-electron chi connectivity index (χ2n) is 7.38. The van der Waals surface area contributed by atoms with Crippen molar-refractivity contribution in [3.8, 4) is 0 Å². The van der Waals surface area contributed by atoms with Crippen LogP contribution in [0.15, 0.2) is 0 Å². The van der Waals surface area contributed by atoms with E-state index in [4.69, 9.17) is 26.6 Å². The number of hydrogen-bond acceptors (Lipinski definition) is 8. The van der Waals surface area contributed by atoms with Crippen LogP contribution in [0.2, 0.25) is 12.1 Å². The Kier molecular flexibility index (Phi) is 21.7. The average Bonchev–Trinajstić information content (AvgIpc) is 2.76. The molecule has 0 heterocycles. The lowest BCUT2D eigenvalue weighted by Crippen LogP contribution is -2.46. The van der Waals surface area contributed by atoms with Crippen LogP contribution in [0.25, 0.3) is 0 Å². The van der Waals surface area contributed by atoms with E-state index in [-0.39, 0.29) is 0 Å². The number of nitrogens with one attached hydrogen (secondary N) is 2. The largest absolute Gasteiger partial charge is 0.500 e. The van der Waals surface area contributed by atoms with Gasteiger partial charge in [0.1, 0.15) is 0 Å². The maximum atomic E-state index is 5.90. The molecule has 8 nitrogen and oxygen atoms in total. The van der Waals surface area contributed by atoms with Crippen LogP contribution in [-0.2, 0) is 26.6 Å². The van der Waals surface area contributed by atoms with Crippen molar-refractivity contribution in [1.29, 1.82) is 0 Å². The minimum Gasteiger partial charge on any atom is -0.374 e. The Hall–Kier alpha value is 0.114. The standard InChI is InChI=1S/C22H52N2O6Si2/c1-7-25-31(26-8-2,27-9-3)21-15-19-23-17-13-14-18-24-20-16-22-32(28-10-4,29-11-5)30-12-6/h23-24H,7-22H2,1-6H3. The second kappa shape index (κ2) is 21.6. The van der Waals surface area contributed by atoms with Crippen molar-refractivity contribution in [3.63, 3.8) is 0 Å². The maximum absolute atomic E-state index is 5.90. The number of hydrogen-bond donors (Lipinski definition) is 2. The van der Waals surface area contributed by atoms with Gasteiger partial charge < -0.3 is 37.2 Å². The molecule has 0 aromatic carbocycles. The smallest absolute Gasteiger partial charge is 0.374 e. The van der Waals surface area contributed by atoms with Crippen molar-refractivity contribution in [2.75, 3.05) is 65.8 Å². The van der Waals surface area contributed by atoms with E-state index in [1.54, 1.807) is 0 Å². The van der Waals surface area contributed by atoms with E-state index in [9.17, 15) is 0 Å². The van der Waals surface area contributed by atoms with Crippen molar-refractivity contribution < 1.29 is 26.6 Å². The summed E-state index contributed by atoms with van der Waals surface area (Å²) in [5.74, 6) is 0. The number of rotatable bonds is 25. The first-order chi connectivity index (χ1) is 15.6. The molecule has 0 unspecified atom stereocenters. The summed E-state index contributed by atoms with van der Waals surface area (Å²) in [5.41, 5.74) is 0. The predicted octanol–water partition coefficient (Wildman–Crippen LogP) is 3.82. The zero-order chi connectivity index (χ0) is 24.0. The molecule has 0 aromatic rings. The lowest BCUT2D eigenvalue weighted by Gasteiger charge is -2.28. The quantitative estimate of drug-likeness (QED) is 0.146. The lowest BCUT2D eigenvalue weighted by atomic mass is 10.3. The van der Waals surface area contributed by atoms with Gasteiger partial charge >= 0.3 is 17.6 Å². The fourth-order valence-corrected chi connectivity index (χ4v) is 8.84. The molecule has 10 heteroatoms. The van der Waals surface area contributed by atoms with Gasteiger partial charge in [0, 0.05) is 51.7 Å². The first kappa shape index (κ1) is 32.1. The first-order valence-corrected chi connectivity index (χ1v) is 16.7. The predicted molar refractivity (Wildman–Crippen MR) is 135 cm³/mol. The topological polar surface area (TPSA) is 79.4 Å². The molecular formula is C22H52N2O6Si2. The Bertz CT molecular complexity index is 341. The summed E-state index contributed by atoms with van der Waals surface area (Å²) in [5, 5.41) is 7.06. The fourth-order valence-electron chi connectivity index (χ4n) is 3.61. The molecule has 2 N–H and O–H groups in total. The highest BCUT2D eigenvalue weighted by Gasteiger charge is 2.40. The molecular weight excluding hydrogens is 444 g/mol. The molecule has 0 aliphatic rings. The fraction of sp³-hybridized carbons (Fsp3) is 1.00. The van der Waals surface area contributed by atoms with Crippen LogP contribution >= 0.6 is 0 Å². The first-order valence-electron chi connectivity index (χ1n) is 12.8. The van der Waals surface area contributed by atoms with Crippen LogP contribution in [-0.4, -0.2) is 83.4 Å². The summed E-state index contributed by atoms with van der Waals surface area (Å²) in [7, 11) is -4.99. The molecule has 0 atom stereocenters. The molecule has 0 rings (SSSR count). The van der Waals surface area contributed by atoms with Crippen LogP contribution in [0.4, 0.5) is 0 Å². The maximum Gasteiger partial charge on any atom is 0.500 e. The van der Waals surface area contributed by atoms with Gasteiger partial charge in [0.2, 0.25) is 0 Å². The van der Waals surface area contributed by atoms with Gasteiger partial charge in [-0.2, -0.15) is 0 Å². The molecule has 0 saturated carbocycles. The van der Waals surface area contributed by atoms with Gasteiger partial charge in [-0.25, -0.2) is 0 Å². The van der Waals surface area contributed by atoms with Gasteiger partial charge in [-0.1, -0.05) is 0 Å². The van der Waals surface area contributed by atoms with Crippen molar-refractivity contribution >= 4 is 17.6 Å². The summed E-state index contributed by atoms with van der Waals surface area (Å²) in [6, 6.07) is 1.74. The van der Waals surface area contributed by atoms with Crippen LogP contribution in [0.5, 0.6) is 0 Å². The van der Waals surface area contributed by atoms with Crippen molar-refractivity contribution in [3.05, 3.63) is 0 Å². The van der Waals surface area contributed by atoms with E-state index in [0.29, 0.717) is 39.6 Å². The van der Waals surface area contributed by atoms with Crippen molar-refractivity contribution in [2.24, 2.45) is 0 Å². The Morgan fingerprint density at radius 3 is 0.906 bits per heavy atom. The van der Waals surface area contributed by atoms with E-state index in [0.717, 1.165) is 64.0 Å². The summed E-state index contributed by atoms with van der Waals surface area (Å²) >= 11 is 0. The van der Waals surface area contributed by atoms with E-state index >= 15 is 0 Å².